The summed E-state index contributed by atoms with van der Waals surface area (Å²) in [5, 5.41) is 0. The second-order valence-electron chi connectivity index (χ2n) is 6.43. The third-order valence-corrected chi connectivity index (χ3v) is 7.78. The Hall–Kier alpha value is -2.23. The van der Waals surface area contributed by atoms with Gasteiger partial charge in [-0.05, 0) is 43.2 Å². The van der Waals surface area contributed by atoms with E-state index in [1.165, 1.54) is 18.2 Å². The Bertz CT molecular complexity index is 1080. The minimum atomic E-state index is -3.82. The Kier molecular flexibility index (Phi) is 5.11. The van der Waals surface area contributed by atoms with Crippen molar-refractivity contribution in [3.05, 3.63) is 59.7 Å². The van der Waals surface area contributed by atoms with Crippen molar-refractivity contribution < 1.29 is 21.6 Å². The first kappa shape index (κ1) is 19.5. The number of nitrogens with zero attached hydrogens (tertiary/aromatic N) is 1. The normalized spacial score (nSPS) is 17.9. The molecule has 0 aromatic heterocycles. The van der Waals surface area contributed by atoms with Gasteiger partial charge in [-0.1, -0.05) is 30.3 Å². The molecule has 0 unspecified atom stereocenters. The van der Waals surface area contributed by atoms with E-state index in [2.05, 4.69) is 4.72 Å². The SMILES string of the molecule is Cc1cc(N2C(=O)CCS2(=O)=O)ccc1S(=O)(=O)N[C@@H](C)c1ccccc1. The molecule has 1 atom stereocenters. The van der Waals surface area contributed by atoms with Crippen LogP contribution in [0.25, 0.3) is 0 Å². The summed E-state index contributed by atoms with van der Waals surface area (Å²) in [5.74, 6) is -0.748. The largest absolute Gasteiger partial charge is 0.273 e. The lowest BCUT2D eigenvalue weighted by atomic mass is 10.1. The van der Waals surface area contributed by atoms with Crippen LogP contribution in [0, 0.1) is 6.92 Å². The number of hydrogen-bond acceptors (Lipinski definition) is 5. The van der Waals surface area contributed by atoms with Crippen molar-refractivity contribution in [2.24, 2.45) is 0 Å². The Balaban J connectivity index is 1.90. The number of sulfonamides is 2. The van der Waals surface area contributed by atoms with Crippen LogP contribution in [0.2, 0.25) is 0 Å². The number of anilines is 1. The smallest absolute Gasteiger partial charge is 0.242 e. The summed E-state index contributed by atoms with van der Waals surface area (Å²) < 4.78 is 53.0. The van der Waals surface area contributed by atoms with E-state index in [4.69, 9.17) is 0 Å². The van der Waals surface area contributed by atoms with Gasteiger partial charge in [-0.25, -0.2) is 25.9 Å². The molecule has 1 saturated heterocycles. The zero-order valence-electron chi connectivity index (χ0n) is 14.9. The number of carbonyl (C=O) groups is 1. The third kappa shape index (κ3) is 3.90. The van der Waals surface area contributed by atoms with Crippen LogP contribution >= 0.6 is 0 Å². The second-order valence-corrected chi connectivity index (χ2v) is 10.0. The maximum atomic E-state index is 12.8. The van der Waals surface area contributed by atoms with Gasteiger partial charge in [0.1, 0.15) is 0 Å². The number of benzene rings is 2. The van der Waals surface area contributed by atoms with Crippen LogP contribution in [-0.4, -0.2) is 28.5 Å². The van der Waals surface area contributed by atoms with Gasteiger partial charge in [0, 0.05) is 12.5 Å². The molecular weight excluding hydrogens is 388 g/mol. The average Bonchev–Trinajstić information content (AvgIpc) is 2.87. The van der Waals surface area contributed by atoms with E-state index in [0.717, 1.165) is 9.87 Å². The molecular formula is C18H20N2O5S2. The van der Waals surface area contributed by atoms with Crippen LogP contribution < -0.4 is 9.03 Å². The van der Waals surface area contributed by atoms with Gasteiger partial charge in [0.15, 0.2) is 0 Å². The maximum Gasteiger partial charge on any atom is 0.242 e. The van der Waals surface area contributed by atoms with E-state index < -0.39 is 32.0 Å². The zero-order valence-corrected chi connectivity index (χ0v) is 16.5. The Morgan fingerprint density at radius 1 is 1.11 bits per heavy atom. The first-order valence-corrected chi connectivity index (χ1v) is 11.4. The highest BCUT2D eigenvalue weighted by atomic mass is 32.2. The molecule has 1 fully saturated rings. The average molecular weight is 409 g/mol. The molecule has 2 aromatic carbocycles. The van der Waals surface area contributed by atoms with Gasteiger partial charge in [-0.15, -0.1) is 0 Å². The highest BCUT2D eigenvalue weighted by Crippen LogP contribution is 2.29. The fourth-order valence-corrected chi connectivity index (χ4v) is 5.95. The summed E-state index contributed by atoms with van der Waals surface area (Å²) in [5.41, 5.74) is 1.34. The lowest BCUT2D eigenvalue weighted by molar-refractivity contribution is -0.116. The highest BCUT2D eigenvalue weighted by molar-refractivity contribution is 7.94. The van der Waals surface area contributed by atoms with Crippen LogP contribution in [0.1, 0.15) is 30.5 Å². The number of nitrogens with one attached hydrogen (secondary N) is 1. The number of rotatable bonds is 5. The van der Waals surface area contributed by atoms with Crippen molar-refractivity contribution in [1.82, 2.24) is 4.72 Å². The van der Waals surface area contributed by atoms with Crippen molar-refractivity contribution in [2.45, 2.75) is 31.2 Å². The van der Waals surface area contributed by atoms with Gasteiger partial charge in [-0.2, -0.15) is 0 Å². The molecule has 2 aromatic rings. The highest BCUT2D eigenvalue weighted by Gasteiger charge is 2.36. The first-order chi connectivity index (χ1) is 12.6. The summed E-state index contributed by atoms with van der Waals surface area (Å²) in [7, 11) is -7.51. The van der Waals surface area contributed by atoms with Crippen molar-refractivity contribution in [3.63, 3.8) is 0 Å². The first-order valence-electron chi connectivity index (χ1n) is 8.35. The van der Waals surface area contributed by atoms with Gasteiger partial charge in [-0.3, -0.25) is 4.79 Å². The molecule has 0 spiro atoms. The fourth-order valence-electron chi connectivity index (χ4n) is 3.04. The molecule has 1 aliphatic rings. The molecule has 0 saturated carbocycles. The minimum absolute atomic E-state index is 0.0399. The molecule has 0 radical (unpaired) electrons. The van der Waals surface area contributed by atoms with Crippen LogP contribution in [0.5, 0.6) is 0 Å². The summed E-state index contributed by atoms with van der Waals surface area (Å²) >= 11 is 0. The molecule has 3 rings (SSSR count). The molecule has 7 nitrogen and oxygen atoms in total. The van der Waals surface area contributed by atoms with Crippen LogP contribution in [0.4, 0.5) is 5.69 Å². The maximum absolute atomic E-state index is 12.8. The van der Waals surface area contributed by atoms with E-state index in [9.17, 15) is 21.6 Å². The number of aryl methyl sites for hydroxylation is 1. The topological polar surface area (TPSA) is 101 Å². The van der Waals surface area contributed by atoms with Crippen LogP contribution in [-0.2, 0) is 24.8 Å². The summed E-state index contributed by atoms with van der Waals surface area (Å²) in [4.78, 5) is 11.9. The second kappa shape index (κ2) is 7.06. The number of hydrogen-bond donors (Lipinski definition) is 1. The molecule has 1 N–H and O–H groups in total. The van der Waals surface area contributed by atoms with Gasteiger partial charge >= 0.3 is 0 Å². The molecule has 0 bridgehead atoms. The van der Waals surface area contributed by atoms with Crippen molar-refractivity contribution in [3.8, 4) is 0 Å². The Morgan fingerprint density at radius 3 is 2.33 bits per heavy atom. The molecule has 0 aliphatic carbocycles. The summed E-state index contributed by atoms with van der Waals surface area (Å²) in [6.45, 7) is 3.31. The predicted octanol–water partition coefficient (Wildman–Crippen LogP) is 2.10. The predicted molar refractivity (Wildman–Crippen MR) is 102 cm³/mol. The molecule has 1 amide bonds. The molecule has 144 valence electrons. The van der Waals surface area contributed by atoms with Crippen molar-refractivity contribution >= 4 is 31.6 Å². The number of carbonyl (C=O) groups excluding carboxylic acids is 1. The summed E-state index contributed by atoms with van der Waals surface area (Å²) in [6, 6.07) is 12.8. The van der Waals surface area contributed by atoms with E-state index >= 15 is 0 Å². The van der Waals surface area contributed by atoms with E-state index in [-0.39, 0.29) is 22.8 Å². The molecule has 9 heteroatoms. The van der Waals surface area contributed by atoms with Crippen molar-refractivity contribution in [1.29, 1.82) is 0 Å². The Labute approximate surface area is 159 Å². The zero-order chi connectivity index (χ0) is 19.8. The van der Waals surface area contributed by atoms with Gasteiger partial charge in [0.25, 0.3) is 0 Å². The standard InChI is InChI=1S/C18H20N2O5S2/c1-13-12-16(20-18(21)10-11-26(20,22)23)8-9-17(13)27(24,25)19-14(2)15-6-4-3-5-7-15/h3-9,12,14,19H,10-11H2,1-2H3/t14-/m0/s1. The van der Waals surface area contributed by atoms with Crippen LogP contribution in [0.15, 0.2) is 53.4 Å². The van der Waals surface area contributed by atoms with Gasteiger partial charge in [0.05, 0.1) is 16.3 Å². The van der Waals surface area contributed by atoms with Gasteiger partial charge in [0.2, 0.25) is 26.0 Å². The third-order valence-electron chi connectivity index (χ3n) is 4.39. The van der Waals surface area contributed by atoms with E-state index in [1.54, 1.807) is 13.8 Å². The molecule has 27 heavy (non-hydrogen) atoms. The minimum Gasteiger partial charge on any atom is -0.273 e. The molecule has 1 aliphatic heterocycles. The van der Waals surface area contributed by atoms with E-state index in [1.807, 2.05) is 30.3 Å². The lowest BCUT2D eigenvalue weighted by Gasteiger charge is -2.18. The van der Waals surface area contributed by atoms with E-state index in [0.29, 0.717) is 5.56 Å². The lowest BCUT2D eigenvalue weighted by Crippen LogP contribution is -2.30. The molecule has 1 heterocycles. The summed E-state index contributed by atoms with van der Waals surface area (Å²) in [6.07, 6.45) is -0.0718. The van der Waals surface area contributed by atoms with Crippen molar-refractivity contribution in [2.75, 3.05) is 10.1 Å². The Morgan fingerprint density at radius 2 is 1.78 bits per heavy atom. The van der Waals surface area contributed by atoms with Crippen LogP contribution in [0.3, 0.4) is 0 Å². The van der Waals surface area contributed by atoms with Gasteiger partial charge < -0.3 is 0 Å². The fraction of sp³-hybridized carbons (Fsp3) is 0.278. The monoisotopic (exact) mass is 408 g/mol. The quantitative estimate of drug-likeness (QED) is 0.817. The number of amides is 1.